The third-order valence-electron chi connectivity index (χ3n) is 4.06. The highest BCUT2D eigenvalue weighted by atomic mass is 35.5. The predicted octanol–water partition coefficient (Wildman–Crippen LogP) is 2.61. The first kappa shape index (κ1) is 15.4. The standard InChI is InChI=1S/C15H18N4O2.ClH/c16-11-4-6-13(20-8-11)15-19-18-14(21-15)10-3-5-12(17-7-10)9-1-2-9;/h3,5,7,9,11,13H,1-2,4,6,8,16H2;1H/t11-,13+;/m1./s1. The monoisotopic (exact) mass is 322 g/mol. The van der Waals surface area contributed by atoms with Crippen molar-refractivity contribution in [3.05, 3.63) is 29.9 Å². The molecular formula is C15H19ClN4O2. The van der Waals surface area contributed by atoms with Crippen LogP contribution in [0.3, 0.4) is 0 Å². The van der Waals surface area contributed by atoms with Crippen LogP contribution in [0.2, 0.25) is 0 Å². The maximum atomic E-state index is 5.81. The molecule has 7 heteroatoms. The fraction of sp³-hybridized carbons (Fsp3) is 0.533. The Morgan fingerprint density at radius 2 is 1.95 bits per heavy atom. The van der Waals surface area contributed by atoms with Gasteiger partial charge in [0.1, 0.15) is 6.10 Å². The van der Waals surface area contributed by atoms with Gasteiger partial charge < -0.3 is 14.9 Å². The summed E-state index contributed by atoms with van der Waals surface area (Å²) in [6.45, 7) is 0.542. The third kappa shape index (κ3) is 3.14. The fourth-order valence-corrected chi connectivity index (χ4v) is 2.60. The van der Waals surface area contributed by atoms with Gasteiger partial charge in [-0.05, 0) is 37.8 Å². The van der Waals surface area contributed by atoms with Gasteiger partial charge in [-0.1, -0.05) is 0 Å². The van der Waals surface area contributed by atoms with Crippen LogP contribution in [0.25, 0.3) is 11.5 Å². The summed E-state index contributed by atoms with van der Waals surface area (Å²) in [5.74, 6) is 1.68. The van der Waals surface area contributed by atoms with Crippen molar-refractivity contribution in [2.24, 2.45) is 5.73 Å². The van der Waals surface area contributed by atoms with Crippen LogP contribution in [0.15, 0.2) is 22.7 Å². The Bertz CT molecular complexity index is 619. The summed E-state index contributed by atoms with van der Waals surface area (Å²) in [5, 5.41) is 8.20. The van der Waals surface area contributed by atoms with Crippen LogP contribution in [0, 0.1) is 0 Å². The molecule has 1 aliphatic heterocycles. The predicted molar refractivity (Wildman–Crippen MR) is 82.7 cm³/mol. The number of aromatic nitrogens is 3. The summed E-state index contributed by atoms with van der Waals surface area (Å²) in [6.07, 6.45) is 5.91. The van der Waals surface area contributed by atoms with Gasteiger partial charge in [-0.3, -0.25) is 4.98 Å². The van der Waals surface area contributed by atoms with E-state index in [4.69, 9.17) is 14.9 Å². The Balaban J connectivity index is 0.00000144. The molecule has 0 bridgehead atoms. The quantitative estimate of drug-likeness (QED) is 0.934. The zero-order chi connectivity index (χ0) is 14.2. The van der Waals surface area contributed by atoms with E-state index in [9.17, 15) is 0 Å². The maximum Gasteiger partial charge on any atom is 0.249 e. The first-order chi connectivity index (χ1) is 10.3. The molecule has 2 fully saturated rings. The molecule has 118 valence electrons. The molecule has 4 rings (SSSR count). The Labute approximate surface area is 134 Å². The molecule has 1 saturated carbocycles. The molecule has 1 aliphatic carbocycles. The van der Waals surface area contributed by atoms with E-state index in [2.05, 4.69) is 15.2 Å². The van der Waals surface area contributed by atoms with Crippen molar-refractivity contribution in [1.82, 2.24) is 15.2 Å². The molecule has 2 aromatic heterocycles. The van der Waals surface area contributed by atoms with Crippen molar-refractivity contribution in [3.8, 4) is 11.5 Å². The van der Waals surface area contributed by atoms with Gasteiger partial charge in [-0.25, -0.2) is 0 Å². The van der Waals surface area contributed by atoms with E-state index in [0.29, 0.717) is 24.3 Å². The van der Waals surface area contributed by atoms with Crippen LogP contribution in [0.1, 0.15) is 49.3 Å². The second-order valence-corrected chi connectivity index (χ2v) is 5.85. The van der Waals surface area contributed by atoms with E-state index in [1.54, 1.807) is 0 Å². The van der Waals surface area contributed by atoms with Crippen LogP contribution in [0.5, 0.6) is 0 Å². The molecule has 2 aromatic rings. The summed E-state index contributed by atoms with van der Waals surface area (Å²) in [6, 6.07) is 4.16. The van der Waals surface area contributed by atoms with Gasteiger partial charge >= 0.3 is 0 Å². The van der Waals surface area contributed by atoms with Crippen molar-refractivity contribution >= 4 is 12.4 Å². The number of nitrogens with two attached hydrogens (primary N) is 1. The van der Waals surface area contributed by atoms with Crippen molar-refractivity contribution in [3.63, 3.8) is 0 Å². The largest absolute Gasteiger partial charge is 0.418 e. The third-order valence-corrected chi connectivity index (χ3v) is 4.06. The van der Waals surface area contributed by atoms with E-state index < -0.39 is 0 Å². The first-order valence-corrected chi connectivity index (χ1v) is 7.46. The number of rotatable bonds is 3. The molecule has 0 radical (unpaired) electrons. The SMILES string of the molecule is Cl.N[C@@H]1CC[C@@H](c2nnc(-c3ccc(C4CC4)nc3)o2)OC1. The van der Waals surface area contributed by atoms with Gasteiger partial charge in [0, 0.05) is 23.9 Å². The summed E-state index contributed by atoms with van der Waals surface area (Å²) >= 11 is 0. The number of hydrogen-bond donors (Lipinski definition) is 1. The number of pyridine rings is 1. The molecule has 0 aromatic carbocycles. The van der Waals surface area contributed by atoms with Crippen molar-refractivity contribution in [2.45, 2.75) is 43.7 Å². The van der Waals surface area contributed by atoms with E-state index in [-0.39, 0.29) is 24.6 Å². The number of ether oxygens (including phenoxy) is 1. The zero-order valence-electron chi connectivity index (χ0n) is 12.1. The van der Waals surface area contributed by atoms with E-state index >= 15 is 0 Å². The summed E-state index contributed by atoms with van der Waals surface area (Å²) in [4.78, 5) is 4.47. The average molecular weight is 323 g/mol. The second-order valence-electron chi connectivity index (χ2n) is 5.85. The van der Waals surface area contributed by atoms with E-state index in [1.165, 1.54) is 12.8 Å². The highest BCUT2D eigenvalue weighted by molar-refractivity contribution is 5.85. The highest BCUT2D eigenvalue weighted by Crippen LogP contribution is 2.39. The zero-order valence-corrected chi connectivity index (χ0v) is 13.0. The van der Waals surface area contributed by atoms with Gasteiger partial charge in [0.2, 0.25) is 11.8 Å². The molecule has 2 atom stereocenters. The minimum absolute atomic E-state index is 0. The molecular weight excluding hydrogens is 304 g/mol. The lowest BCUT2D eigenvalue weighted by molar-refractivity contribution is -0.0111. The topological polar surface area (TPSA) is 87.1 Å². The average Bonchev–Trinajstić information content (AvgIpc) is 3.26. The molecule has 3 heterocycles. The Kier molecular flexibility index (Phi) is 4.42. The van der Waals surface area contributed by atoms with Crippen LogP contribution < -0.4 is 5.73 Å². The summed E-state index contributed by atoms with van der Waals surface area (Å²) in [7, 11) is 0. The number of hydrogen-bond acceptors (Lipinski definition) is 6. The minimum atomic E-state index is -0.134. The normalized spacial score (nSPS) is 24.8. The molecule has 2 N–H and O–H groups in total. The van der Waals surface area contributed by atoms with Crippen LogP contribution in [0.4, 0.5) is 0 Å². The minimum Gasteiger partial charge on any atom is -0.418 e. The first-order valence-electron chi connectivity index (χ1n) is 7.46. The van der Waals surface area contributed by atoms with Crippen LogP contribution >= 0.6 is 12.4 Å². The van der Waals surface area contributed by atoms with Gasteiger partial charge in [0.15, 0.2) is 0 Å². The Morgan fingerprint density at radius 3 is 2.59 bits per heavy atom. The molecule has 0 spiro atoms. The Morgan fingerprint density at radius 1 is 1.09 bits per heavy atom. The molecule has 0 amide bonds. The lowest BCUT2D eigenvalue weighted by Crippen LogP contribution is -2.32. The van der Waals surface area contributed by atoms with Crippen molar-refractivity contribution < 1.29 is 9.15 Å². The van der Waals surface area contributed by atoms with Crippen LogP contribution in [-0.2, 0) is 4.74 Å². The molecule has 1 saturated heterocycles. The van der Waals surface area contributed by atoms with E-state index in [0.717, 1.165) is 24.1 Å². The van der Waals surface area contributed by atoms with Crippen molar-refractivity contribution in [2.75, 3.05) is 6.61 Å². The van der Waals surface area contributed by atoms with Gasteiger partial charge in [-0.2, -0.15) is 0 Å². The van der Waals surface area contributed by atoms with Crippen molar-refractivity contribution in [1.29, 1.82) is 0 Å². The lowest BCUT2D eigenvalue weighted by Gasteiger charge is -2.23. The summed E-state index contributed by atoms with van der Waals surface area (Å²) in [5.41, 5.74) is 7.82. The molecule has 0 unspecified atom stereocenters. The second kappa shape index (κ2) is 6.32. The smallest absolute Gasteiger partial charge is 0.249 e. The molecule has 2 aliphatic rings. The lowest BCUT2D eigenvalue weighted by atomic mass is 10.1. The number of halogens is 1. The fourth-order valence-electron chi connectivity index (χ4n) is 2.60. The van der Waals surface area contributed by atoms with Gasteiger partial charge in [0.25, 0.3) is 0 Å². The maximum absolute atomic E-state index is 5.81. The van der Waals surface area contributed by atoms with Gasteiger partial charge in [0.05, 0.1) is 12.2 Å². The number of nitrogens with zero attached hydrogens (tertiary/aromatic N) is 3. The van der Waals surface area contributed by atoms with E-state index in [1.807, 2.05) is 18.3 Å². The van der Waals surface area contributed by atoms with Crippen LogP contribution in [-0.4, -0.2) is 27.8 Å². The Hall–Kier alpha value is -1.50. The highest BCUT2D eigenvalue weighted by Gasteiger charge is 2.27. The molecule has 22 heavy (non-hydrogen) atoms. The summed E-state index contributed by atoms with van der Waals surface area (Å²) < 4.78 is 11.4. The molecule has 6 nitrogen and oxygen atoms in total. The van der Waals surface area contributed by atoms with Gasteiger partial charge in [-0.15, -0.1) is 22.6 Å².